The third kappa shape index (κ3) is 2.82. The van der Waals surface area contributed by atoms with Gasteiger partial charge in [-0.25, -0.2) is 0 Å². The predicted molar refractivity (Wildman–Crippen MR) is 185 cm³/mol. The van der Waals surface area contributed by atoms with Crippen molar-refractivity contribution in [2.24, 2.45) is 0 Å². The Hall–Kier alpha value is -4.65. The summed E-state index contributed by atoms with van der Waals surface area (Å²) in [6, 6.07) is 26.7. The number of rotatable bonds is 1. The van der Waals surface area contributed by atoms with Crippen LogP contribution in [0, 0.1) is 13.7 Å². The lowest BCUT2D eigenvalue weighted by atomic mass is 9.34. The third-order valence-corrected chi connectivity index (χ3v) is 12.3. The summed E-state index contributed by atoms with van der Waals surface area (Å²) in [4.78, 5) is 4.15. The molecular formula is C38H20B2O4S2. The zero-order valence-corrected chi connectivity index (χ0v) is 25.3. The first-order valence-electron chi connectivity index (χ1n) is 18.1. The maximum absolute atomic E-state index is 8.91. The first-order valence-corrected chi connectivity index (χ1v) is 16.7. The van der Waals surface area contributed by atoms with E-state index in [0.717, 1.165) is 41.4 Å². The molecule has 6 aromatic carbocycles. The fourth-order valence-corrected chi connectivity index (χ4v) is 10.6. The Balaban J connectivity index is 1.23. The molecule has 0 bridgehead atoms. The van der Waals surface area contributed by atoms with E-state index in [1.165, 1.54) is 0 Å². The molecule has 6 aliphatic rings. The Bertz CT molecular complexity index is 2500. The van der Waals surface area contributed by atoms with E-state index in [9.17, 15) is 0 Å². The molecule has 46 heavy (non-hydrogen) atoms. The van der Waals surface area contributed by atoms with Crippen LogP contribution in [0.5, 0.6) is 46.0 Å². The predicted octanol–water partition coefficient (Wildman–Crippen LogP) is 6.35. The molecule has 0 aliphatic carbocycles. The highest BCUT2D eigenvalue weighted by Gasteiger charge is 2.49. The minimum Gasteiger partial charge on any atom is -0.458 e. The lowest BCUT2D eigenvalue weighted by Crippen LogP contribution is -2.60. The van der Waals surface area contributed by atoms with Crippen LogP contribution < -0.4 is 51.7 Å². The summed E-state index contributed by atoms with van der Waals surface area (Å²) in [5, 5.41) is 0. The van der Waals surface area contributed by atoms with Gasteiger partial charge in [0.15, 0.2) is 0 Å². The summed E-state index contributed by atoms with van der Waals surface area (Å²) < 4.78 is 80.3. The van der Waals surface area contributed by atoms with Gasteiger partial charge in [0.05, 0.1) is 0 Å². The molecule has 6 heterocycles. The van der Waals surface area contributed by atoms with E-state index in [0.29, 0.717) is 45.4 Å². The van der Waals surface area contributed by atoms with Crippen LogP contribution in [-0.4, -0.2) is 13.4 Å². The van der Waals surface area contributed by atoms with E-state index in [2.05, 4.69) is 24.3 Å². The Morgan fingerprint density at radius 2 is 0.826 bits per heavy atom. The Labute approximate surface area is 282 Å². The molecule has 6 aliphatic heterocycles. The Morgan fingerprint density at radius 1 is 0.457 bits per heavy atom. The van der Waals surface area contributed by atoms with E-state index < -0.39 is 13.7 Å². The monoisotopic (exact) mass is 632 g/mol. The van der Waals surface area contributed by atoms with Crippen molar-refractivity contribution in [2.45, 2.75) is 33.3 Å². The molecule has 8 heteroatoms. The van der Waals surface area contributed by atoms with Crippen molar-refractivity contribution in [3.63, 3.8) is 0 Å². The molecule has 0 atom stereocenters. The first-order chi connectivity index (χ1) is 25.0. The van der Waals surface area contributed by atoms with Gasteiger partial charge in [0.1, 0.15) is 46.0 Å². The number of benzene rings is 6. The minimum absolute atomic E-state index is 0.0903. The van der Waals surface area contributed by atoms with Gasteiger partial charge < -0.3 is 18.9 Å². The van der Waals surface area contributed by atoms with Crippen molar-refractivity contribution in [1.29, 1.82) is 0 Å². The van der Waals surface area contributed by atoms with Crippen LogP contribution in [0.25, 0.3) is 11.1 Å². The Morgan fingerprint density at radius 3 is 1.20 bits per heavy atom. The maximum Gasteiger partial charge on any atom is 0.263 e. The van der Waals surface area contributed by atoms with Gasteiger partial charge in [0, 0.05) is 49.9 Å². The largest absolute Gasteiger partial charge is 0.458 e. The van der Waals surface area contributed by atoms with Crippen molar-refractivity contribution in [3.8, 4) is 57.1 Å². The summed E-state index contributed by atoms with van der Waals surface area (Å²) >= 11 is 3.29. The normalized spacial score (nSPS) is 17.7. The van der Waals surface area contributed by atoms with Crippen LogP contribution in [0.2, 0.25) is 0 Å². The molecule has 0 spiro atoms. The molecule has 0 saturated heterocycles. The molecule has 6 aromatic rings. The molecule has 0 N–H and O–H groups in total. The fourth-order valence-electron chi connectivity index (χ4n) is 8.23. The van der Waals surface area contributed by atoms with Gasteiger partial charge in [0.25, 0.3) is 13.4 Å². The second-order valence-corrected chi connectivity index (χ2v) is 14.4. The average molecular weight is 632 g/mol. The molecule has 4 nitrogen and oxygen atoms in total. The molecular weight excluding hydrogens is 606 g/mol. The number of hydrogen-bond acceptors (Lipinski definition) is 6. The van der Waals surface area contributed by atoms with Crippen molar-refractivity contribution in [3.05, 3.63) is 96.1 Å². The number of ether oxygens (including phenoxy) is 4. The highest BCUT2D eigenvalue weighted by Crippen LogP contribution is 2.52. The van der Waals surface area contributed by atoms with E-state index in [-0.39, 0.29) is 47.2 Å². The molecule has 0 fully saturated rings. The SMILES string of the molecule is [2H]C([2H])([2H])c1cc2c3c(c1-c1c(C([2H])([2H])[2H])cc4c5c1Oc1cccc6c1B5c1c(cccc1S6)O4)Oc1cccc4c1B3c1c(cccc1S4)O2. The van der Waals surface area contributed by atoms with Gasteiger partial charge >= 0.3 is 0 Å². The highest BCUT2D eigenvalue weighted by atomic mass is 32.2. The van der Waals surface area contributed by atoms with Crippen molar-refractivity contribution < 1.29 is 27.2 Å². The molecule has 214 valence electrons. The van der Waals surface area contributed by atoms with Crippen LogP contribution in [-0.2, 0) is 0 Å². The first kappa shape index (κ1) is 19.8. The average Bonchev–Trinajstić information content (AvgIpc) is 3.11. The maximum atomic E-state index is 8.91. The van der Waals surface area contributed by atoms with E-state index in [1.54, 1.807) is 35.7 Å². The van der Waals surface area contributed by atoms with Crippen LogP contribution in [0.4, 0.5) is 0 Å². The highest BCUT2D eigenvalue weighted by molar-refractivity contribution is 8.00. The standard InChI is InChI=1S/C38H20B2O4S2/c1-17-15-23-35-37(43-21-9-5-13-27-33(21)39(35)31-19(41-23)7-3-11-25(31)45-27)29(17)30-18(2)16-24-36-38(30)44-22-10-6-14-28-34(22)40(36)32-20(42-24)8-4-12-26(32)46-28/h3-16H,1-2H3/i1D3,2D3. The number of aryl methyl sites for hydroxylation is 2. The molecule has 0 saturated carbocycles. The smallest absolute Gasteiger partial charge is 0.263 e. The van der Waals surface area contributed by atoms with Crippen LogP contribution >= 0.6 is 23.5 Å². The van der Waals surface area contributed by atoms with Gasteiger partial charge in [0.2, 0.25) is 0 Å². The lowest BCUT2D eigenvalue weighted by Gasteiger charge is -2.40. The third-order valence-electron chi connectivity index (χ3n) is 9.95. The Kier molecular flexibility index (Phi) is 3.52. The van der Waals surface area contributed by atoms with Crippen molar-refractivity contribution >= 4 is 69.7 Å². The van der Waals surface area contributed by atoms with Crippen LogP contribution in [0.3, 0.4) is 0 Å². The summed E-state index contributed by atoms with van der Waals surface area (Å²) in [5.74, 6) is 3.74. The lowest BCUT2D eigenvalue weighted by molar-refractivity contribution is 0.458. The van der Waals surface area contributed by atoms with Crippen molar-refractivity contribution in [2.75, 3.05) is 0 Å². The molecule has 0 amide bonds. The minimum atomic E-state index is -2.70. The summed E-state index contributed by atoms with van der Waals surface area (Å²) in [5.41, 5.74) is 5.40. The molecule has 0 aromatic heterocycles. The van der Waals surface area contributed by atoms with Gasteiger partial charge in [-0.15, -0.1) is 0 Å². The van der Waals surface area contributed by atoms with Gasteiger partial charge in [-0.3, -0.25) is 0 Å². The zero-order valence-electron chi connectivity index (χ0n) is 29.7. The van der Waals surface area contributed by atoms with Gasteiger partial charge in [-0.05, 0) is 107 Å². The van der Waals surface area contributed by atoms with Crippen LogP contribution in [0.1, 0.15) is 19.4 Å². The van der Waals surface area contributed by atoms with Crippen LogP contribution in [0.15, 0.2) is 105 Å². The van der Waals surface area contributed by atoms with Gasteiger partial charge in [-0.1, -0.05) is 47.8 Å². The van der Waals surface area contributed by atoms with E-state index >= 15 is 0 Å². The van der Waals surface area contributed by atoms with Crippen molar-refractivity contribution in [1.82, 2.24) is 0 Å². The second-order valence-electron chi connectivity index (χ2n) is 12.2. The molecule has 0 unspecified atom stereocenters. The quantitative estimate of drug-likeness (QED) is 0.196. The fraction of sp³-hybridized carbons (Fsp3) is 0.0526. The summed E-state index contributed by atoms with van der Waals surface area (Å²) in [6.45, 7) is -6.05. The topological polar surface area (TPSA) is 36.9 Å². The summed E-state index contributed by atoms with van der Waals surface area (Å²) in [6.07, 6.45) is 0. The summed E-state index contributed by atoms with van der Waals surface area (Å²) in [7, 11) is 0. The zero-order chi connectivity index (χ0) is 35.0. The van der Waals surface area contributed by atoms with E-state index in [4.69, 9.17) is 27.2 Å². The second kappa shape index (κ2) is 8.19. The molecule has 12 rings (SSSR count). The van der Waals surface area contributed by atoms with Gasteiger partial charge in [-0.2, -0.15) is 0 Å². The molecule has 0 radical (unpaired) electrons. The van der Waals surface area contributed by atoms with E-state index in [1.807, 2.05) is 48.5 Å². The number of hydrogen-bond donors (Lipinski definition) is 0.